The summed E-state index contributed by atoms with van der Waals surface area (Å²) < 4.78 is 21.9. The maximum absolute atomic E-state index is 5.57. The first-order valence-corrected chi connectivity index (χ1v) is 10.4. The number of anilines is 1. The highest BCUT2D eigenvalue weighted by atomic mass is 32.2. The van der Waals surface area contributed by atoms with Crippen LogP contribution in [0.25, 0.3) is 0 Å². The number of benzene rings is 2. The number of thioether (sulfide) groups is 1. The molecule has 0 saturated carbocycles. The molecule has 1 atom stereocenters. The monoisotopic (exact) mass is 411 g/mol. The normalized spacial score (nSPS) is 16.1. The summed E-state index contributed by atoms with van der Waals surface area (Å²) in [5, 5.41) is 0.277. The van der Waals surface area contributed by atoms with Gasteiger partial charge in [-0.3, -0.25) is 0 Å². The molecule has 0 saturated heterocycles. The summed E-state index contributed by atoms with van der Waals surface area (Å²) in [5.41, 5.74) is 3.61. The molecule has 0 unspecified atom stereocenters. The Morgan fingerprint density at radius 3 is 2.45 bits per heavy atom. The van der Waals surface area contributed by atoms with E-state index in [4.69, 9.17) is 18.6 Å². The first-order chi connectivity index (χ1) is 14.2. The van der Waals surface area contributed by atoms with E-state index < -0.39 is 0 Å². The van der Waals surface area contributed by atoms with E-state index in [0.29, 0.717) is 17.2 Å². The largest absolute Gasteiger partial charge is 0.493 e. The van der Waals surface area contributed by atoms with Crippen molar-refractivity contribution in [3.63, 3.8) is 0 Å². The van der Waals surface area contributed by atoms with Crippen LogP contribution in [0.4, 0.5) is 5.69 Å². The van der Waals surface area contributed by atoms with Crippen molar-refractivity contribution in [2.75, 3.05) is 32.8 Å². The molecular formula is C23H25NO4S. The van der Waals surface area contributed by atoms with Crippen LogP contribution in [0.3, 0.4) is 0 Å². The molecule has 0 radical (unpaired) electrons. The molecule has 29 heavy (non-hydrogen) atoms. The van der Waals surface area contributed by atoms with E-state index >= 15 is 0 Å². The van der Waals surface area contributed by atoms with Gasteiger partial charge in [0.1, 0.15) is 0 Å². The van der Waals surface area contributed by atoms with E-state index in [-0.39, 0.29) is 5.25 Å². The Morgan fingerprint density at radius 2 is 1.79 bits per heavy atom. The lowest BCUT2D eigenvalue weighted by atomic mass is 10.1. The predicted octanol–water partition coefficient (Wildman–Crippen LogP) is 5.55. The fourth-order valence-electron chi connectivity index (χ4n) is 3.71. The molecule has 152 valence electrons. The van der Waals surface area contributed by atoms with E-state index in [1.807, 2.05) is 24.1 Å². The second kappa shape index (κ2) is 8.74. The van der Waals surface area contributed by atoms with Crippen LogP contribution in [0.2, 0.25) is 0 Å². The maximum Gasteiger partial charge on any atom is 0.203 e. The SMILES string of the molecule is COc1cc([C@@H]2CCN(Cc3ccoc3)c3ccccc3S2)cc(OC)c1OC. The molecule has 1 aliphatic heterocycles. The van der Waals surface area contributed by atoms with Gasteiger partial charge in [-0.25, -0.2) is 0 Å². The minimum atomic E-state index is 0.277. The lowest BCUT2D eigenvalue weighted by Gasteiger charge is -2.24. The van der Waals surface area contributed by atoms with Gasteiger partial charge in [-0.05, 0) is 42.3 Å². The van der Waals surface area contributed by atoms with E-state index in [1.165, 1.54) is 21.7 Å². The summed E-state index contributed by atoms with van der Waals surface area (Å²) in [4.78, 5) is 3.69. The Kier molecular flexibility index (Phi) is 5.90. The number of hydrogen-bond donors (Lipinski definition) is 0. The summed E-state index contributed by atoms with van der Waals surface area (Å²) in [6, 6.07) is 14.7. The molecule has 2 heterocycles. The third kappa shape index (κ3) is 4.03. The zero-order chi connectivity index (χ0) is 20.2. The quantitative estimate of drug-likeness (QED) is 0.530. The summed E-state index contributed by atoms with van der Waals surface area (Å²) in [5.74, 6) is 2.00. The van der Waals surface area contributed by atoms with Crippen LogP contribution in [-0.2, 0) is 6.54 Å². The lowest BCUT2D eigenvalue weighted by molar-refractivity contribution is 0.323. The molecule has 0 spiro atoms. The Morgan fingerprint density at radius 1 is 1.03 bits per heavy atom. The van der Waals surface area contributed by atoms with Crippen molar-refractivity contribution in [1.29, 1.82) is 0 Å². The average molecular weight is 412 g/mol. The fourth-order valence-corrected chi connectivity index (χ4v) is 4.99. The molecule has 1 aliphatic rings. The van der Waals surface area contributed by atoms with Crippen LogP contribution >= 0.6 is 11.8 Å². The molecule has 4 rings (SSSR count). The smallest absolute Gasteiger partial charge is 0.203 e. The molecule has 5 nitrogen and oxygen atoms in total. The van der Waals surface area contributed by atoms with Crippen LogP contribution in [0.5, 0.6) is 17.2 Å². The Hall–Kier alpha value is -2.73. The second-order valence-corrected chi connectivity index (χ2v) is 8.12. The molecule has 3 aromatic rings. The third-order valence-corrected chi connectivity index (χ3v) is 6.54. The van der Waals surface area contributed by atoms with Gasteiger partial charge in [-0.1, -0.05) is 12.1 Å². The number of methoxy groups -OCH3 is 3. The molecule has 0 bridgehead atoms. The van der Waals surface area contributed by atoms with Crippen molar-refractivity contribution in [2.45, 2.75) is 23.1 Å². The molecule has 6 heteroatoms. The number of hydrogen-bond acceptors (Lipinski definition) is 6. The lowest BCUT2D eigenvalue weighted by Crippen LogP contribution is -2.23. The van der Waals surface area contributed by atoms with Gasteiger partial charge in [0.05, 0.1) is 39.5 Å². The summed E-state index contributed by atoms with van der Waals surface area (Å²) in [7, 11) is 4.94. The van der Waals surface area contributed by atoms with Gasteiger partial charge >= 0.3 is 0 Å². The highest BCUT2D eigenvalue weighted by molar-refractivity contribution is 7.99. The van der Waals surface area contributed by atoms with Crippen molar-refractivity contribution in [2.24, 2.45) is 0 Å². The molecular weight excluding hydrogens is 386 g/mol. The predicted molar refractivity (Wildman–Crippen MR) is 116 cm³/mol. The van der Waals surface area contributed by atoms with Crippen LogP contribution in [0.1, 0.15) is 22.8 Å². The molecule has 0 fully saturated rings. The van der Waals surface area contributed by atoms with Crippen LogP contribution in [-0.4, -0.2) is 27.9 Å². The van der Waals surface area contributed by atoms with E-state index in [0.717, 1.165) is 19.5 Å². The highest BCUT2D eigenvalue weighted by Crippen LogP contribution is 2.48. The van der Waals surface area contributed by atoms with Crippen LogP contribution in [0.15, 0.2) is 64.3 Å². The maximum atomic E-state index is 5.57. The number of nitrogens with zero attached hydrogens (tertiary/aromatic N) is 1. The standard InChI is InChI=1S/C23H25NO4S/c1-25-19-12-17(13-20(26-2)23(19)27-3)21-8-10-24(14-16-9-11-28-15-16)18-6-4-5-7-22(18)29-21/h4-7,9,11-13,15,21H,8,10,14H2,1-3H3/t21-/m0/s1. The fraction of sp³-hybridized carbons (Fsp3) is 0.304. The van der Waals surface area contributed by atoms with E-state index in [2.05, 4.69) is 41.3 Å². The van der Waals surface area contributed by atoms with E-state index in [9.17, 15) is 0 Å². The molecule has 2 aromatic carbocycles. The zero-order valence-electron chi connectivity index (χ0n) is 16.9. The van der Waals surface area contributed by atoms with Crippen molar-refractivity contribution in [3.05, 3.63) is 66.1 Å². The summed E-state index contributed by atoms with van der Waals surface area (Å²) >= 11 is 1.88. The number of ether oxygens (including phenoxy) is 3. The Bertz CT molecular complexity index is 932. The second-order valence-electron chi connectivity index (χ2n) is 6.87. The molecule has 0 amide bonds. The van der Waals surface area contributed by atoms with Crippen molar-refractivity contribution >= 4 is 17.4 Å². The average Bonchev–Trinajstić information content (AvgIpc) is 3.20. The van der Waals surface area contributed by atoms with E-state index in [1.54, 1.807) is 27.6 Å². The molecule has 1 aromatic heterocycles. The number of rotatable bonds is 6. The summed E-state index contributed by atoms with van der Waals surface area (Å²) in [6.07, 6.45) is 4.54. The minimum absolute atomic E-state index is 0.277. The van der Waals surface area contributed by atoms with Gasteiger partial charge < -0.3 is 23.5 Å². The topological polar surface area (TPSA) is 44.1 Å². The van der Waals surface area contributed by atoms with Crippen molar-refractivity contribution in [3.8, 4) is 17.2 Å². The first kappa shape index (κ1) is 19.6. The van der Waals surface area contributed by atoms with Gasteiger partial charge in [0.2, 0.25) is 5.75 Å². The van der Waals surface area contributed by atoms with Crippen LogP contribution in [0, 0.1) is 0 Å². The van der Waals surface area contributed by atoms with Crippen molar-refractivity contribution < 1.29 is 18.6 Å². The van der Waals surface area contributed by atoms with Gasteiger partial charge in [0.15, 0.2) is 11.5 Å². The van der Waals surface area contributed by atoms with Gasteiger partial charge in [0, 0.05) is 28.8 Å². The molecule has 0 aliphatic carbocycles. The number of para-hydroxylation sites is 1. The number of fused-ring (bicyclic) bond motifs is 1. The zero-order valence-corrected chi connectivity index (χ0v) is 17.7. The third-order valence-electron chi connectivity index (χ3n) is 5.15. The van der Waals surface area contributed by atoms with Gasteiger partial charge in [-0.2, -0.15) is 0 Å². The Balaban J connectivity index is 1.68. The minimum Gasteiger partial charge on any atom is -0.493 e. The number of furan rings is 1. The molecule has 0 N–H and O–H groups in total. The van der Waals surface area contributed by atoms with Gasteiger partial charge in [0.25, 0.3) is 0 Å². The highest BCUT2D eigenvalue weighted by Gasteiger charge is 2.25. The van der Waals surface area contributed by atoms with Crippen LogP contribution < -0.4 is 19.1 Å². The van der Waals surface area contributed by atoms with Gasteiger partial charge in [-0.15, -0.1) is 11.8 Å². The Labute approximate surface area is 175 Å². The van der Waals surface area contributed by atoms with Crippen molar-refractivity contribution in [1.82, 2.24) is 0 Å². The first-order valence-electron chi connectivity index (χ1n) is 9.55. The summed E-state index contributed by atoms with van der Waals surface area (Å²) in [6.45, 7) is 1.77.